The highest BCUT2D eigenvalue weighted by molar-refractivity contribution is 5.26. The van der Waals surface area contributed by atoms with E-state index >= 15 is 0 Å². The minimum atomic E-state index is 0.559. The Bertz CT molecular complexity index is 455. The van der Waals surface area contributed by atoms with Crippen molar-refractivity contribution in [2.75, 3.05) is 0 Å². The molecule has 164 valence electrons. The summed E-state index contributed by atoms with van der Waals surface area (Å²) in [5.74, 6) is 4.46. The van der Waals surface area contributed by atoms with E-state index in [-0.39, 0.29) is 0 Å². The van der Waals surface area contributed by atoms with Crippen molar-refractivity contribution in [3.8, 4) is 0 Å². The lowest BCUT2D eigenvalue weighted by atomic mass is 9.83. The van der Waals surface area contributed by atoms with Crippen molar-refractivity contribution in [2.45, 2.75) is 107 Å². The molecular formula is C28H52. The van der Waals surface area contributed by atoms with Gasteiger partial charge in [0, 0.05) is 0 Å². The average molecular weight is 389 g/mol. The van der Waals surface area contributed by atoms with E-state index in [1.54, 1.807) is 0 Å². The van der Waals surface area contributed by atoms with Crippen LogP contribution in [0.1, 0.15) is 107 Å². The maximum absolute atomic E-state index is 4.34. The summed E-state index contributed by atoms with van der Waals surface area (Å²) in [7, 11) is 0. The average Bonchev–Trinajstić information content (AvgIpc) is 2.70. The van der Waals surface area contributed by atoms with Crippen molar-refractivity contribution in [2.24, 2.45) is 35.5 Å². The topological polar surface area (TPSA) is 0 Å². The Labute approximate surface area is 179 Å². The lowest BCUT2D eigenvalue weighted by Crippen LogP contribution is -2.11. The van der Waals surface area contributed by atoms with Gasteiger partial charge in [-0.1, -0.05) is 124 Å². The van der Waals surface area contributed by atoms with Crippen LogP contribution in [0.4, 0.5) is 0 Å². The van der Waals surface area contributed by atoms with Gasteiger partial charge in [0.05, 0.1) is 0 Å². The van der Waals surface area contributed by atoms with Crippen molar-refractivity contribution in [3.05, 3.63) is 36.5 Å². The van der Waals surface area contributed by atoms with E-state index in [2.05, 4.69) is 80.7 Å². The van der Waals surface area contributed by atoms with Crippen molar-refractivity contribution in [1.82, 2.24) is 0 Å². The van der Waals surface area contributed by atoms with Crippen LogP contribution in [0.2, 0.25) is 0 Å². The monoisotopic (exact) mass is 388 g/mol. The molecule has 0 aliphatic heterocycles. The fourth-order valence-corrected chi connectivity index (χ4v) is 3.49. The van der Waals surface area contributed by atoms with Gasteiger partial charge in [-0.25, -0.2) is 0 Å². The second-order valence-electron chi connectivity index (χ2n) is 10.00. The maximum Gasteiger partial charge on any atom is -0.0196 e. The molecule has 6 atom stereocenters. The van der Waals surface area contributed by atoms with Gasteiger partial charge < -0.3 is 0 Å². The normalized spacial score (nSPS) is 18.4. The van der Waals surface area contributed by atoms with Gasteiger partial charge in [-0.05, 0) is 54.8 Å². The molecule has 0 rings (SSSR count). The summed E-state index contributed by atoms with van der Waals surface area (Å²) in [5, 5.41) is 0. The van der Waals surface area contributed by atoms with Crippen LogP contribution in [0.5, 0.6) is 0 Å². The third-order valence-corrected chi connectivity index (χ3v) is 7.41. The molecule has 0 aliphatic carbocycles. The SMILES string of the molecule is C=C(/C=C\C(=C)C(C)CCC(C)C(C)CCC(C)CC)C(C)CCC(C)CC. The van der Waals surface area contributed by atoms with Gasteiger partial charge in [0.15, 0.2) is 0 Å². The molecule has 0 saturated heterocycles. The van der Waals surface area contributed by atoms with Crippen LogP contribution in [0.3, 0.4) is 0 Å². The van der Waals surface area contributed by atoms with E-state index in [1.807, 2.05) is 0 Å². The zero-order valence-corrected chi connectivity index (χ0v) is 20.7. The smallest absolute Gasteiger partial charge is 0.0196 e. The number of rotatable bonds is 16. The second-order valence-corrected chi connectivity index (χ2v) is 10.00. The number of hydrogen-bond donors (Lipinski definition) is 0. The molecule has 0 aromatic rings. The summed E-state index contributed by atoms with van der Waals surface area (Å²) in [4.78, 5) is 0. The molecule has 28 heavy (non-hydrogen) atoms. The Morgan fingerprint density at radius 2 is 0.893 bits per heavy atom. The molecule has 0 spiro atoms. The molecule has 0 nitrogen and oxygen atoms in total. The molecule has 0 bridgehead atoms. The molecule has 0 aromatic heterocycles. The first kappa shape index (κ1) is 27.2. The van der Waals surface area contributed by atoms with Crippen LogP contribution in [0, 0.1) is 35.5 Å². The zero-order chi connectivity index (χ0) is 21.7. The molecule has 0 aromatic carbocycles. The lowest BCUT2D eigenvalue weighted by molar-refractivity contribution is 0.301. The van der Waals surface area contributed by atoms with Gasteiger partial charge in [0.2, 0.25) is 0 Å². The van der Waals surface area contributed by atoms with Crippen molar-refractivity contribution >= 4 is 0 Å². The summed E-state index contributed by atoms with van der Waals surface area (Å²) in [6.45, 7) is 27.5. The fraction of sp³-hybridized carbons (Fsp3) is 0.786. The molecule has 0 N–H and O–H groups in total. The van der Waals surface area contributed by atoms with Gasteiger partial charge >= 0.3 is 0 Å². The van der Waals surface area contributed by atoms with Crippen LogP contribution >= 0.6 is 0 Å². The third kappa shape index (κ3) is 11.9. The second kappa shape index (κ2) is 15.1. The minimum Gasteiger partial charge on any atom is -0.0956 e. The van der Waals surface area contributed by atoms with E-state index in [0.29, 0.717) is 11.8 Å². The Morgan fingerprint density at radius 3 is 1.29 bits per heavy atom. The predicted octanol–water partition coefficient (Wildman–Crippen LogP) is 9.63. The summed E-state index contributed by atoms with van der Waals surface area (Å²) < 4.78 is 0. The van der Waals surface area contributed by atoms with Crippen molar-refractivity contribution in [1.29, 1.82) is 0 Å². The molecular weight excluding hydrogens is 336 g/mol. The first-order chi connectivity index (χ1) is 13.1. The van der Waals surface area contributed by atoms with Gasteiger partial charge in [-0.3, -0.25) is 0 Å². The first-order valence-electron chi connectivity index (χ1n) is 12.2. The highest BCUT2D eigenvalue weighted by Crippen LogP contribution is 2.28. The molecule has 0 heteroatoms. The van der Waals surface area contributed by atoms with Crippen LogP contribution < -0.4 is 0 Å². The van der Waals surface area contributed by atoms with E-state index in [0.717, 1.165) is 23.7 Å². The van der Waals surface area contributed by atoms with Crippen LogP contribution in [0.25, 0.3) is 0 Å². The van der Waals surface area contributed by atoms with Gasteiger partial charge in [-0.2, -0.15) is 0 Å². The number of hydrogen-bond acceptors (Lipinski definition) is 0. The summed E-state index contributed by atoms with van der Waals surface area (Å²) >= 11 is 0. The predicted molar refractivity (Wildman–Crippen MR) is 131 cm³/mol. The Kier molecular flexibility index (Phi) is 14.7. The van der Waals surface area contributed by atoms with Gasteiger partial charge in [0.1, 0.15) is 0 Å². The minimum absolute atomic E-state index is 0.559. The third-order valence-electron chi connectivity index (χ3n) is 7.41. The number of allylic oxidation sites excluding steroid dienone is 4. The van der Waals surface area contributed by atoms with Crippen LogP contribution in [-0.2, 0) is 0 Å². The molecule has 6 unspecified atom stereocenters. The van der Waals surface area contributed by atoms with E-state index in [4.69, 9.17) is 0 Å². The Balaban J connectivity index is 4.29. The van der Waals surface area contributed by atoms with Gasteiger partial charge in [-0.15, -0.1) is 0 Å². The fourth-order valence-electron chi connectivity index (χ4n) is 3.49. The standard InChI is InChI=1S/C28H52/c1-11-21(3)13-15-23(5)25(7)17-19-27(9)28(10)20-18-26(8)24(6)16-14-22(4)12-2/h17,19,21-24,26,28H,7,9,11-16,18,20H2,1-6,8,10H3/b19-17-. The van der Waals surface area contributed by atoms with Crippen molar-refractivity contribution < 1.29 is 0 Å². The van der Waals surface area contributed by atoms with E-state index < -0.39 is 0 Å². The molecule has 0 heterocycles. The molecule has 0 fully saturated rings. The summed E-state index contributed by atoms with van der Waals surface area (Å²) in [6.07, 6.45) is 14.9. The molecule has 0 radical (unpaired) electrons. The summed E-state index contributed by atoms with van der Waals surface area (Å²) in [6, 6.07) is 0. The van der Waals surface area contributed by atoms with Gasteiger partial charge in [0.25, 0.3) is 0 Å². The highest BCUT2D eigenvalue weighted by atomic mass is 14.2. The van der Waals surface area contributed by atoms with E-state index in [1.165, 1.54) is 62.5 Å². The quantitative estimate of drug-likeness (QED) is 0.231. The first-order valence-corrected chi connectivity index (χ1v) is 12.2. The molecule has 0 saturated carbocycles. The lowest BCUT2D eigenvalue weighted by Gasteiger charge is -2.23. The van der Waals surface area contributed by atoms with Crippen LogP contribution in [0.15, 0.2) is 36.5 Å². The Hall–Kier alpha value is -0.780. The molecule has 0 aliphatic rings. The summed E-state index contributed by atoms with van der Waals surface area (Å²) in [5.41, 5.74) is 2.51. The Morgan fingerprint density at radius 1 is 0.571 bits per heavy atom. The van der Waals surface area contributed by atoms with E-state index in [9.17, 15) is 0 Å². The largest absolute Gasteiger partial charge is 0.0956 e. The molecule has 0 amide bonds. The zero-order valence-electron chi connectivity index (χ0n) is 20.7. The highest BCUT2D eigenvalue weighted by Gasteiger charge is 2.15. The van der Waals surface area contributed by atoms with Crippen LogP contribution in [-0.4, -0.2) is 0 Å². The van der Waals surface area contributed by atoms with Crippen molar-refractivity contribution in [3.63, 3.8) is 0 Å². The maximum atomic E-state index is 4.34.